The third-order valence-electron chi connectivity index (χ3n) is 4.77. The summed E-state index contributed by atoms with van der Waals surface area (Å²) in [6.07, 6.45) is 4.37. The van der Waals surface area contributed by atoms with Crippen LogP contribution >= 0.6 is 0 Å². The highest BCUT2D eigenvalue weighted by molar-refractivity contribution is 5.86. The molecule has 4 aromatic heterocycles. The first-order valence-corrected chi connectivity index (χ1v) is 9.73. The number of hydrogen-bond donors (Lipinski definition) is 2. The molecule has 0 aliphatic heterocycles. The van der Waals surface area contributed by atoms with Gasteiger partial charge in [-0.2, -0.15) is 9.97 Å². The molecule has 0 unspecified atom stereocenters. The highest BCUT2D eigenvalue weighted by Crippen LogP contribution is 2.36. The van der Waals surface area contributed by atoms with Gasteiger partial charge in [-0.05, 0) is 31.5 Å². The summed E-state index contributed by atoms with van der Waals surface area (Å²) in [7, 11) is 1.57. The number of pyridine rings is 3. The van der Waals surface area contributed by atoms with E-state index in [1.807, 2.05) is 30.5 Å². The van der Waals surface area contributed by atoms with E-state index in [9.17, 15) is 0 Å². The topological polar surface area (TPSA) is 139 Å². The van der Waals surface area contributed by atoms with Gasteiger partial charge in [0.15, 0.2) is 5.82 Å². The Kier molecular flexibility index (Phi) is 5.40. The lowest BCUT2D eigenvalue weighted by atomic mass is 9.98. The zero-order valence-electron chi connectivity index (χ0n) is 17.5. The van der Waals surface area contributed by atoms with E-state index in [1.54, 1.807) is 26.3 Å². The lowest BCUT2D eigenvalue weighted by Gasteiger charge is -2.14. The molecule has 0 aliphatic rings. The molecule has 0 fully saturated rings. The second kappa shape index (κ2) is 8.31. The third kappa shape index (κ3) is 4.11. The normalized spacial score (nSPS) is 10.8. The van der Waals surface area contributed by atoms with Crippen LogP contribution < -0.4 is 16.2 Å². The van der Waals surface area contributed by atoms with Crippen LogP contribution in [0.2, 0.25) is 0 Å². The molecule has 9 heteroatoms. The smallest absolute Gasteiger partial charge is 0.223 e. The Balaban J connectivity index is 1.94. The van der Waals surface area contributed by atoms with Gasteiger partial charge in [-0.1, -0.05) is 13.0 Å². The number of nitrogens with two attached hydrogens (primary N) is 2. The number of anilines is 2. The first kappa shape index (κ1) is 20.1. The van der Waals surface area contributed by atoms with Crippen LogP contribution in [0.5, 0.6) is 5.88 Å². The highest BCUT2D eigenvalue weighted by Gasteiger charge is 2.18. The molecule has 0 bridgehead atoms. The van der Waals surface area contributed by atoms with Crippen LogP contribution in [-0.4, -0.2) is 37.0 Å². The van der Waals surface area contributed by atoms with Crippen LogP contribution in [0, 0.1) is 6.92 Å². The van der Waals surface area contributed by atoms with Gasteiger partial charge in [0.05, 0.1) is 18.4 Å². The minimum Gasteiger partial charge on any atom is -0.481 e. The van der Waals surface area contributed by atoms with Crippen LogP contribution in [0.25, 0.3) is 33.8 Å². The number of nitrogens with zero attached hydrogens (tertiary/aromatic N) is 6. The number of methoxy groups -OCH3 is 1. The van der Waals surface area contributed by atoms with E-state index >= 15 is 0 Å². The van der Waals surface area contributed by atoms with E-state index < -0.39 is 0 Å². The van der Waals surface area contributed by atoms with E-state index in [4.69, 9.17) is 16.2 Å². The number of ether oxygens (including phenoxy) is 1. The van der Waals surface area contributed by atoms with Gasteiger partial charge in [0.2, 0.25) is 11.8 Å². The van der Waals surface area contributed by atoms with E-state index in [0.717, 1.165) is 28.8 Å². The minimum absolute atomic E-state index is 0.126. The van der Waals surface area contributed by atoms with Crippen LogP contribution in [-0.2, 0) is 6.42 Å². The van der Waals surface area contributed by atoms with Gasteiger partial charge in [-0.25, -0.2) is 15.0 Å². The van der Waals surface area contributed by atoms with Crippen molar-refractivity contribution in [2.45, 2.75) is 20.3 Å². The fourth-order valence-corrected chi connectivity index (χ4v) is 3.20. The van der Waals surface area contributed by atoms with E-state index in [2.05, 4.69) is 36.8 Å². The Morgan fingerprint density at radius 2 is 1.65 bits per heavy atom. The SMILES string of the molecule is CCc1ccc(-c2cc(-c3nc(C)nc(N)n3)c(N)nc2-c2ccc(OC)nc2)cn1. The molecule has 4 heterocycles. The van der Waals surface area contributed by atoms with Crippen molar-refractivity contribution in [3.8, 4) is 39.7 Å². The number of rotatable bonds is 5. The van der Waals surface area contributed by atoms with Crippen molar-refractivity contribution in [1.82, 2.24) is 29.9 Å². The lowest BCUT2D eigenvalue weighted by Crippen LogP contribution is -2.05. The first-order chi connectivity index (χ1) is 15.0. The number of aryl methyl sites for hydroxylation is 2. The summed E-state index contributed by atoms with van der Waals surface area (Å²) in [6.45, 7) is 3.81. The maximum Gasteiger partial charge on any atom is 0.223 e. The van der Waals surface area contributed by atoms with E-state index in [1.165, 1.54) is 0 Å². The van der Waals surface area contributed by atoms with Gasteiger partial charge in [0, 0.05) is 40.8 Å². The zero-order chi connectivity index (χ0) is 22.0. The van der Waals surface area contributed by atoms with Crippen LogP contribution in [0.4, 0.5) is 11.8 Å². The molecule has 4 N–H and O–H groups in total. The van der Waals surface area contributed by atoms with Crippen LogP contribution in [0.3, 0.4) is 0 Å². The summed E-state index contributed by atoms with van der Waals surface area (Å²) in [5.74, 6) is 1.79. The van der Waals surface area contributed by atoms with Crippen molar-refractivity contribution in [3.63, 3.8) is 0 Å². The van der Waals surface area contributed by atoms with E-state index in [0.29, 0.717) is 28.8 Å². The fourth-order valence-electron chi connectivity index (χ4n) is 3.20. The fraction of sp³-hybridized carbons (Fsp3) is 0.182. The maximum absolute atomic E-state index is 6.33. The summed E-state index contributed by atoms with van der Waals surface area (Å²) in [5, 5.41) is 0. The van der Waals surface area contributed by atoms with Crippen molar-refractivity contribution < 1.29 is 4.74 Å². The van der Waals surface area contributed by atoms with Gasteiger partial charge in [0.25, 0.3) is 0 Å². The standard InChI is InChI=1S/C22H22N8O/c1-4-15-7-5-13(10-25-15)16-9-17(21-27-12(2)28-22(24)30-21)20(23)29-19(16)14-6-8-18(31-3)26-11-14/h5-11H,4H2,1-3H3,(H2,23,29)(H2,24,27,28,30). The third-order valence-corrected chi connectivity index (χ3v) is 4.77. The Hall–Kier alpha value is -4.14. The summed E-state index contributed by atoms with van der Waals surface area (Å²) >= 11 is 0. The molecule has 9 nitrogen and oxygen atoms in total. The predicted molar refractivity (Wildman–Crippen MR) is 119 cm³/mol. The van der Waals surface area contributed by atoms with Gasteiger partial charge in [0.1, 0.15) is 11.6 Å². The average Bonchev–Trinajstić information content (AvgIpc) is 2.78. The van der Waals surface area contributed by atoms with Crippen molar-refractivity contribution in [1.29, 1.82) is 0 Å². The number of aromatic nitrogens is 6. The second-order valence-electron chi connectivity index (χ2n) is 6.86. The molecule has 4 rings (SSSR count). The van der Waals surface area contributed by atoms with Gasteiger partial charge >= 0.3 is 0 Å². The van der Waals surface area contributed by atoms with Crippen LogP contribution in [0.15, 0.2) is 42.7 Å². The molecular formula is C22H22N8O. The van der Waals surface area contributed by atoms with E-state index in [-0.39, 0.29) is 11.8 Å². The molecule has 156 valence electrons. The molecule has 0 spiro atoms. The largest absolute Gasteiger partial charge is 0.481 e. The Bertz CT molecular complexity index is 1200. The van der Waals surface area contributed by atoms with Crippen molar-refractivity contribution >= 4 is 11.8 Å². The van der Waals surface area contributed by atoms with Crippen molar-refractivity contribution in [2.24, 2.45) is 0 Å². The zero-order valence-corrected chi connectivity index (χ0v) is 17.5. The van der Waals surface area contributed by atoms with Gasteiger partial charge in [-0.15, -0.1) is 0 Å². The van der Waals surface area contributed by atoms with Crippen LogP contribution in [0.1, 0.15) is 18.4 Å². The maximum atomic E-state index is 6.33. The Morgan fingerprint density at radius 3 is 2.26 bits per heavy atom. The molecular weight excluding hydrogens is 392 g/mol. The molecule has 0 saturated carbocycles. The number of hydrogen-bond acceptors (Lipinski definition) is 9. The van der Waals surface area contributed by atoms with Gasteiger partial charge < -0.3 is 16.2 Å². The molecule has 0 aliphatic carbocycles. The van der Waals surface area contributed by atoms with Crippen molar-refractivity contribution in [2.75, 3.05) is 18.6 Å². The summed E-state index contributed by atoms with van der Waals surface area (Å²) in [6, 6.07) is 9.57. The summed E-state index contributed by atoms with van der Waals surface area (Å²) in [4.78, 5) is 26.2. The molecule has 0 saturated heterocycles. The molecule has 0 amide bonds. The Labute approximate surface area is 179 Å². The molecule has 31 heavy (non-hydrogen) atoms. The summed E-state index contributed by atoms with van der Waals surface area (Å²) in [5.41, 5.74) is 16.9. The number of nitrogen functional groups attached to an aromatic ring is 2. The highest BCUT2D eigenvalue weighted by atomic mass is 16.5. The molecule has 0 atom stereocenters. The predicted octanol–water partition coefficient (Wildman–Crippen LogP) is 3.10. The first-order valence-electron chi connectivity index (χ1n) is 9.73. The monoisotopic (exact) mass is 414 g/mol. The van der Waals surface area contributed by atoms with Gasteiger partial charge in [-0.3, -0.25) is 4.98 Å². The quantitative estimate of drug-likeness (QED) is 0.504. The average molecular weight is 414 g/mol. The van der Waals surface area contributed by atoms with Crippen molar-refractivity contribution in [3.05, 3.63) is 54.2 Å². The lowest BCUT2D eigenvalue weighted by molar-refractivity contribution is 0.398. The minimum atomic E-state index is 0.126. The second-order valence-corrected chi connectivity index (χ2v) is 6.86. The Morgan fingerprint density at radius 1 is 0.871 bits per heavy atom. The summed E-state index contributed by atoms with van der Waals surface area (Å²) < 4.78 is 5.17. The molecule has 0 radical (unpaired) electrons. The molecule has 0 aromatic carbocycles. The molecule has 4 aromatic rings.